The van der Waals surface area contributed by atoms with E-state index in [1.807, 2.05) is 0 Å². The lowest BCUT2D eigenvalue weighted by molar-refractivity contribution is -0.275. The summed E-state index contributed by atoms with van der Waals surface area (Å²) in [7, 11) is 0. The van der Waals surface area contributed by atoms with E-state index in [4.69, 9.17) is 0 Å². The molecular weight excluding hydrogens is 416 g/mol. The van der Waals surface area contributed by atoms with Gasteiger partial charge in [-0.25, -0.2) is 13.2 Å². The number of anilines is 1. The van der Waals surface area contributed by atoms with Crippen molar-refractivity contribution in [1.82, 2.24) is 10.3 Å². The van der Waals surface area contributed by atoms with E-state index in [1.165, 1.54) is 17.9 Å². The number of carbonyl (C=O) groups excluding carboxylic acids is 1. The molecule has 1 aromatic heterocycles. The van der Waals surface area contributed by atoms with E-state index in [9.17, 15) is 31.1 Å². The van der Waals surface area contributed by atoms with Gasteiger partial charge in [0, 0.05) is 19.0 Å². The van der Waals surface area contributed by atoms with Crippen LogP contribution in [0.2, 0.25) is 0 Å². The van der Waals surface area contributed by atoms with Crippen LogP contribution < -0.4 is 15.0 Å². The van der Waals surface area contributed by atoms with Crippen molar-refractivity contribution in [2.45, 2.75) is 31.9 Å². The van der Waals surface area contributed by atoms with Crippen LogP contribution >= 0.6 is 0 Å². The van der Waals surface area contributed by atoms with Crippen LogP contribution in [0, 0.1) is 11.6 Å². The van der Waals surface area contributed by atoms with Crippen LogP contribution in [0.4, 0.5) is 32.0 Å². The summed E-state index contributed by atoms with van der Waals surface area (Å²) in [6.07, 6.45) is -5.36. The Morgan fingerprint density at radius 2 is 1.97 bits per heavy atom. The first-order valence-corrected chi connectivity index (χ1v) is 8.91. The number of nitrogens with zero attached hydrogens (tertiary/aromatic N) is 2. The molecule has 30 heavy (non-hydrogen) atoms. The van der Waals surface area contributed by atoms with Gasteiger partial charge < -0.3 is 15.0 Å². The Hall–Kier alpha value is -2.98. The second-order valence-electron chi connectivity index (χ2n) is 6.77. The average Bonchev–Trinajstić information content (AvgIpc) is 2.64. The van der Waals surface area contributed by atoms with Gasteiger partial charge in [-0.3, -0.25) is 9.78 Å². The van der Waals surface area contributed by atoms with Gasteiger partial charge in [0.05, 0.1) is 30.2 Å². The maximum absolute atomic E-state index is 14.4. The van der Waals surface area contributed by atoms with E-state index >= 15 is 0 Å². The number of carbonyl (C=O) groups is 1. The highest BCUT2D eigenvalue weighted by atomic mass is 19.4. The summed E-state index contributed by atoms with van der Waals surface area (Å²) in [5, 5.41) is 2.50. The van der Waals surface area contributed by atoms with Crippen molar-refractivity contribution in [3.05, 3.63) is 42.1 Å². The Balaban J connectivity index is 1.82. The fourth-order valence-corrected chi connectivity index (χ4v) is 3.24. The van der Waals surface area contributed by atoms with Gasteiger partial charge in [-0.05, 0) is 30.7 Å². The quantitative estimate of drug-likeness (QED) is 0.742. The highest BCUT2D eigenvalue weighted by Gasteiger charge is 2.33. The van der Waals surface area contributed by atoms with Gasteiger partial charge >= 0.3 is 6.36 Å². The molecule has 2 atom stereocenters. The molecule has 2 unspecified atom stereocenters. The predicted octanol–water partition coefficient (Wildman–Crippen LogP) is 3.98. The third-order valence-electron chi connectivity index (χ3n) is 4.56. The Kier molecular flexibility index (Phi) is 6.09. The fourth-order valence-electron chi connectivity index (χ4n) is 3.24. The summed E-state index contributed by atoms with van der Waals surface area (Å²) in [6.45, 7) is 1.34. The van der Waals surface area contributed by atoms with E-state index in [2.05, 4.69) is 15.0 Å². The summed E-state index contributed by atoms with van der Waals surface area (Å²) in [5.41, 5.74) is 0.191. The second kappa shape index (κ2) is 8.41. The van der Waals surface area contributed by atoms with Crippen LogP contribution in [-0.4, -0.2) is 42.6 Å². The van der Waals surface area contributed by atoms with E-state index in [-0.39, 0.29) is 42.4 Å². The minimum atomic E-state index is -5.05. The molecule has 0 spiro atoms. The zero-order chi connectivity index (χ0) is 22.1. The smallest absolute Gasteiger partial charge is 0.403 e. The molecule has 162 valence electrons. The maximum atomic E-state index is 14.4. The number of ether oxygens (including phenoxy) is 1. The van der Waals surface area contributed by atoms with Gasteiger partial charge in [0.2, 0.25) is 5.91 Å². The minimum Gasteiger partial charge on any atom is -0.403 e. The van der Waals surface area contributed by atoms with Gasteiger partial charge in [0.1, 0.15) is 6.17 Å². The lowest BCUT2D eigenvalue weighted by Crippen LogP contribution is -2.52. The first-order valence-electron chi connectivity index (χ1n) is 8.91. The summed E-state index contributed by atoms with van der Waals surface area (Å²) in [6, 6.07) is 3.30. The highest BCUT2D eigenvalue weighted by molar-refractivity contribution is 5.73. The number of amides is 1. The third-order valence-corrected chi connectivity index (χ3v) is 4.56. The topological polar surface area (TPSA) is 54.5 Å². The lowest BCUT2D eigenvalue weighted by atomic mass is 10.0. The minimum absolute atomic E-state index is 0.0138. The van der Waals surface area contributed by atoms with Crippen molar-refractivity contribution in [3.8, 4) is 17.0 Å². The Labute approximate surface area is 167 Å². The van der Waals surface area contributed by atoms with E-state index in [1.54, 1.807) is 0 Å². The van der Waals surface area contributed by atoms with Gasteiger partial charge in [-0.1, -0.05) is 0 Å². The lowest BCUT2D eigenvalue weighted by Gasteiger charge is -2.36. The molecule has 0 radical (unpaired) electrons. The Morgan fingerprint density at radius 3 is 2.57 bits per heavy atom. The summed E-state index contributed by atoms with van der Waals surface area (Å²) in [5.74, 6) is -3.37. The van der Waals surface area contributed by atoms with Crippen molar-refractivity contribution >= 4 is 11.6 Å². The summed E-state index contributed by atoms with van der Waals surface area (Å²) < 4.78 is 83.1. The molecule has 1 fully saturated rings. The van der Waals surface area contributed by atoms with Crippen LogP contribution in [0.25, 0.3) is 11.3 Å². The number of halogens is 6. The summed E-state index contributed by atoms with van der Waals surface area (Å²) in [4.78, 5) is 16.4. The normalized spacial score (nSPS) is 19.5. The Bertz CT molecular complexity index is 937. The van der Waals surface area contributed by atoms with E-state index in [0.717, 1.165) is 24.4 Å². The molecule has 1 saturated heterocycles. The van der Waals surface area contributed by atoms with Crippen LogP contribution in [-0.2, 0) is 4.79 Å². The summed E-state index contributed by atoms with van der Waals surface area (Å²) >= 11 is 0. The number of piperidine rings is 1. The number of nitrogens with one attached hydrogen (secondary N) is 1. The van der Waals surface area contributed by atoms with Crippen molar-refractivity contribution in [1.29, 1.82) is 0 Å². The molecule has 2 aromatic rings. The predicted molar refractivity (Wildman–Crippen MR) is 95.6 cm³/mol. The highest BCUT2D eigenvalue weighted by Crippen LogP contribution is 2.32. The van der Waals surface area contributed by atoms with Crippen LogP contribution in [0.15, 0.2) is 30.5 Å². The van der Waals surface area contributed by atoms with Gasteiger partial charge in [0.15, 0.2) is 17.4 Å². The fraction of sp³-hybridized carbons (Fsp3) is 0.368. The van der Waals surface area contributed by atoms with Crippen molar-refractivity contribution in [3.63, 3.8) is 0 Å². The molecule has 2 heterocycles. The number of benzene rings is 1. The molecule has 1 aromatic carbocycles. The van der Waals surface area contributed by atoms with E-state index in [0.29, 0.717) is 0 Å². The number of alkyl halides is 4. The first-order chi connectivity index (χ1) is 14.0. The van der Waals surface area contributed by atoms with Crippen molar-refractivity contribution < 1.29 is 35.9 Å². The van der Waals surface area contributed by atoms with Gasteiger partial charge in [0.25, 0.3) is 0 Å². The van der Waals surface area contributed by atoms with Gasteiger partial charge in [-0.15, -0.1) is 13.2 Å². The number of aromatic nitrogens is 1. The molecule has 1 aliphatic heterocycles. The first kappa shape index (κ1) is 21.7. The Morgan fingerprint density at radius 1 is 1.23 bits per heavy atom. The molecule has 1 N–H and O–H groups in total. The van der Waals surface area contributed by atoms with Crippen molar-refractivity contribution in [2.75, 3.05) is 18.0 Å². The van der Waals surface area contributed by atoms with Crippen LogP contribution in [0.1, 0.15) is 13.3 Å². The van der Waals surface area contributed by atoms with Crippen LogP contribution in [0.3, 0.4) is 0 Å². The molecule has 3 rings (SSSR count). The third kappa shape index (κ3) is 5.14. The molecule has 0 bridgehead atoms. The zero-order valence-corrected chi connectivity index (χ0v) is 15.6. The zero-order valence-electron chi connectivity index (χ0n) is 15.6. The molecular formula is C19H17F6N3O2. The second-order valence-corrected chi connectivity index (χ2v) is 6.77. The average molecular weight is 433 g/mol. The standard InChI is InChI=1S/C19H17F6N3O2/c1-10(29)27-15-4-5-28(9-14(15)22)17-7-16(26-8-13(17)21)11-2-3-18(12(20)6-11)30-19(23,24)25/h2-3,6-8,14-15H,4-5,9H2,1H3,(H,27,29). The van der Waals surface area contributed by atoms with Gasteiger partial charge in [-0.2, -0.15) is 0 Å². The number of rotatable bonds is 4. The van der Waals surface area contributed by atoms with E-state index < -0.39 is 36.0 Å². The SMILES string of the molecule is CC(=O)NC1CCN(c2cc(-c3ccc(OC(F)(F)F)c(F)c3)ncc2F)CC1F. The molecule has 11 heteroatoms. The molecule has 5 nitrogen and oxygen atoms in total. The molecule has 0 saturated carbocycles. The molecule has 1 aliphatic rings. The largest absolute Gasteiger partial charge is 0.573 e. The van der Waals surface area contributed by atoms with Crippen molar-refractivity contribution in [2.24, 2.45) is 0 Å². The molecule has 1 amide bonds. The molecule has 0 aliphatic carbocycles. The monoisotopic (exact) mass is 433 g/mol. The number of hydrogen-bond donors (Lipinski definition) is 1. The number of hydrogen-bond acceptors (Lipinski definition) is 4. The number of pyridine rings is 1. The van der Waals surface area contributed by atoms with Crippen LogP contribution in [0.5, 0.6) is 5.75 Å². The maximum Gasteiger partial charge on any atom is 0.573 e.